The van der Waals surface area contributed by atoms with E-state index in [0.717, 1.165) is 22.2 Å². The molecule has 0 atom stereocenters. The molecule has 1 fully saturated rings. The Labute approximate surface area is 219 Å². The second kappa shape index (κ2) is 10.8. The molecule has 1 aromatic heterocycles. The van der Waals surface area contributed by atoms with Crippen LogP contribution in [0.25, 0.3) is 22.0 Å². The van der Waals surface area contributed by atoms with Gasteiger partial charge < -0.3 is 21.3 Å². The summed E-state index contributed by atoms with van der Waals surface area (Å²) < 4.78 is 15.1. The number of piperazine rings is 1. The molecule has 3 aromatic carbocycles. The van der Waals surface area contributed by atoms with E-state index in [1.54, 1.807) is 12.3 Å². The SMILES string of the molecule is CC(=O)Nc1cccc(-c2cccc3cnc(Nc4ccc(N5CCN(CC(N)=O)CC5)cc4F)nc23)c1. The maximum atomic E-state index is 15.1. The van der Waals surface area contributed by atoms with Gasteiger partial charge in [0.2, 0.25) is 17.8 Å². The summed E-state index contributed by atoms with van der Waals surface area (Å²) in [5, 5.41) is 6.65. The van der Waals surface area contributed by atoms with Crippen molar-refractivity contribution in [2.24, 2.45) is 5.73 Å². The fourth-order valence-electron chi connectivity index (χ4n) is 4.62. The fourth-order valence-corrected chi connectivity index (χ4v) is 4.62. The van der Waals surface area contributed by atoms with E-state index in [1.807, 2.05) is 53.4 Å². The normalized spacial score (nSPS) is 13.9. The average molecular weight is 514 g/mol. The van der Waals surface area contributed by atoms with Crippen LogP contribution in [0.5, 0.6) is 0 Å². The zero-order chi connectivity index (χ0) is 26.6. The van der Waals surface area contributed by atoms with Crippen molar-refractivity contribution in [3.05, 3.63) is 72.7 Å². The Morgan fingerprint density at radius 1 is 1.03 bits per heavy atom. The van der Waals surface area contributed by atoms with Crippen molar-refractivity contribution in [2.45, 2.75) is 6.92 Å². The lowest BCUT2D eigenvalue weighted by Gasteiger charge is -2.35. The summed E-state index contributed by atoms with van der Waals surface area (Å²) in [6.07, 6.45) is 1.70. The third kappa shape index (κ3) is 5.70. The molecule has 5 rings (SSSR count). The molecule has 38 heavy (non-hydrogen) atoms. The van der Waals surface area contributed by atoms with Crippen molar-refractivity contribution < 1.29 is 14.0 Å². The van der Waals surface area contributed by atoms with Gasteiger partial charge in [0.05, 0.1) is 17.7 Å². The minimum Gasteiger partial charge on any atom is -0.369 e. The third-order valence-electron chi connectivity index (χ3n) is 6.42. The van der Waals surface area contributed by atoms with E-state index < -0.39 is 5.82 Å². The molecule has 0 saturated carbocycles. The first-order valence-corrected chi connectivity index (χ1v) is 12.3. The highest BCUT2D eigenvalue weighted by atomic mass is 19.1. The maximum Gasteiger partial charge on any atom is 0.231 e. The lowest BCUT2D eigenvalue weighted by atomic mass is 10.0. The molecule has 0 bridgehead atoms. The summed E-state index contributed by atoms with van der Waals surface area (Å²) in [5.74, 6) is -0.634. The first-order chi connectivity index (χ1) is 18.4. The van der Waals surface area contributed by atoms with Crippen molar-refractivity contribution >= 4 is 45.7 Å². The summed E-state index contributed by atoms with van der Waals surface area (Å²) >= 11 is 0. The molecule has 0 unspecified atom stereocenters. The standard InChI is InChI=1S/C28H28FN7O2/c1-18(37)32-21-6-2-4-19(14-21)23-7-3-5-20-16-31-28(34-27(20)23)33-25-9-8-22(15-24(25)29)36-12-10-35(11-13-36)17-26(30)38/h2-9,14-16H,10-13,17H2,1H3,(H2,30,38)(H,32,37)(H,31,33,34). The number of halogens is 1. The van der Waals surface area contributed by atoms with Crippen LogP contribution in [-0.2, 0) is 9.59 Å². The summed E-state index contributed by atoms with van der Waals surface area (Å²) in [6, 6.07) is 18.3. The number of primary amides is 1. The first kappa shape index (κ1) is 25.1. The van der Waals surface area contributed by atoms with E-state index in [-0.39, 0.29) is 30.0 Å². The zero-order valence-electron chi connectivity index (χ0n) is 20.9. The molecule has 2 amide bonds. The van der Waals surface area contributed by atoms with Gasteiger partial charge in [0, 0.05) is 61.6 Å². The predicted molar refractivity (Wildman–Crippen MR) is 147 cm³/mol. The number of amides is 2. The van der Waals surface area contributed by atoms with Crippen LogP contribution in [0.2, 0.25) is 0 Å². The summed E-state index contributed by atoms with van der Waals surface area (Å²) in [5.41, 5.74) is 9.47. The molecule has 9 nitrogen and oxygen atoms in total. The highest BCUT2D eigenvalue weighted by molar-refractivity contribution is 5.95. The first-order valence-electron chi connectivity index (χ1n) is 12.3. The molecule has 2 heterocycles. The highest BCUT2D eigenvalue weighted by Gasteiger charge is 2.19. The van der Waals surface area contributed by atoms with Crippen LogP contribution >= 0.6 is 0 Å². The number of carbonyl (C=O) groups is 2. The van der Waals surface area contributed by atoms with Gasteiger partial charge in [-0.25, -0.2) is 14.4 Å². The van der Waals surface area contributed by atoms with Gasteiger partial charge in [-0.3, -0.25) is 14.5 Å². The van der Waals surface area contributed by atoms with Gasteiger partial charge >= 0.3 is 0 Å². The number of nitrogens with one attached hydrogen (secondary N) is 2. The van der Waals surface area contributed by atoms with Crippen LogP contribution in [0.4, 0.5) is 27.4 Å². The van der Waals surface area contributed by atoms with Crippen LogP contribution in [0, 0.1) is 5.82 Å². The quantitative estimate of drug-likeness (QED) is 0.345. The lowest BCUT2D eigenvalue weighted by Crippen LogP contribution is -2.48. The Morgan fingerprint density at radius 3 is 2.55 bits per heavy atom. The highest BCUT2D eigenvalue weighted by Crippen LogP contribution is 2.30. The van der Waals surface area contributed by atoms with E-state index in [1.165, 1.54) is 13.0 Å². The van der Waals surface area contributed by atoms with Crippen LogP contribution in [-0.4, -0.2) is 59.4 Å². The van der Waals surface area contributed by atoms with Crippen LogP contribution in [0.3, 0.4) is 0 Å². The number of para-hydroxylation sites is 1. The number of nitrogens with zero attached hydrogens (tertiary/aromatic N) is 4. The topological polar surface area (TPSA) is 116 Å². The number of benzene rings is 3. The number of nitrogens with two attached hydrogens (primary N) is 1. The van der Waals surface area contributed by atoms with Crippen molar-refractivity contribution in [3.63, 3.8) is 0 Å². The minimum absolute atomic E-state index is 0.146. The Hall–Kier alpha value is -4.57. The minimum atomic E-state index is -0.415. The van der Waals surface area contributed by atoms with Gasteiger partial charge in [-0.15, -0.1) is 0 Å². The largest absolute Gasteiger partial charge is 0.369 e. The monoisotopic (exact) mass is 513 g/mol. The number of rotatable bonds is 7. The molecular weight excluding hydrogens is 485 g/mol. The molecule has 0 radical (unpaired) electrons. The lowest BCUT2D eigenvalue weighted by molar-refractivity contribution is -0.119. The van der Waals surface area contributed by atoms with Crippen LogP contribution in [0.1, 0.15) is 6.92 Å². The van der Waals surface area contributed by atoms with E-state index in [9.17, 15) is 9.59 Å². The Kier molecular flexibility index (Phi) is 7.14. The van der Waals surface area contributed by atoms with Gasteiger partial charge in [-0.2, -0.15) is 0 Å². The number of hydrogen-bond donors (Lipinski definition) is 3. The summed E-state index contributed by atoms with van der Waals surface area (Å²) in [7, 11) is 0. The number of carbonyl (C=O) groups excluding carboxylic acids is 2. The second-order valence-electron chi connectivity index (χ2n) is 9.22. The van der Waals surface area contributed by atoms with Crippen molar-refractivity contribution in [1.29, 1.82) is 0 Å². The molecule has 1 aliphatic rings. The van der Waals surface area contributed by atoms with Crippen molar-refractivity contribution in [1.82, 2.24) is 14.9 Å². The maximum absolute atomic E-state index is 15.1. The number of anilines is 4. The van der Waals surface area contributed by atoms with Gasteiger partial charge in [-0.1, -0.05) is 30.3 Å². The van der Waals surface area contributed by atoms with Crippen molar-refractivity contribution in [2.75, 3.05) is 48.3 Å². The summed E-state index contributed by atoms with van der Waals surface area (Å²) in [4.78, 5) is 35.8. The molecule has 4 aromatic rings. The van der Waals surface area contributed by atoms with E-state index in [2.05, 4.69) is 20.5 Å². The Balaban J connectivity index is 1.36. The second-order valence-corrected chi connectivity index (χ2v) is 9.22. The molecular formula is C28H28FN7O2. The molecule has 1 saturated heterocycles. The van der Waals surface area contributed by atoms with Gasteiger partial charge in [0.15, 0.2) is 0 Å². The van der Waals surface area contributed by atoms with Gasteiger partial charge in [0.25, 0.3) is 0 Å². The van der Waals surface area contributed by atoms with Crippen molar-refractivity contribution in [3.8, 4) is 11.1 Å². The number of fused-ring (bicyclic) bond motifs is 1. The Morgan fingerprint density at radius 2 is 1.82 bits per heavy atom. The van der Waals surface area contributed by atoms with Crippen LogP contribution < -0.4 is 21.3 Å². The predicted octanol–water partition coefficient (Wildman–Crippen LogP) is 3.75. The Bertz CT molecular complexity index is 1500. The van der Waals surface area contributed by atoms with Gasteiger partial charge in [0.1, 0.15) is 5.82 Å². The van der Waals surface area contributed by atoms with E-state index >= 15 is 4.39 Å². The van der Waals surface area contributed by atoms with E-state index in [4.69, 9.17) is 10.7 Å². The van der Waals surface area contributed by atoms with Crippen LogP contribution in [0.15, 0.2) is 66.9 Å². The average Bonchev–Trinajstić information content (AvgIpc) is 2.89. The molecule has 10 heteroatoms. The zero-order valence-corrected chi connectivity index (χ0v) is 20.9. The summed E-state index contributed by atoms with van der Waals surface area (Å²) in [6.45, 7) is 4.43. The molecule has 0 spiro atoms. The molecule has 4 N–H and O–H groups in total. The molecule has 0 aliphatic carbocycles. The third-order valence-corrected chi connectivity index (χ3v) is 6.42. The smallest absolute Gasteiger partial charge is 0.231 e. The van der Waals surface area contributed by atoms with Gasteiger partial charge in [-0.05, 0) is 35.9 Å². The molecule has 194 valence electrons. The number of aromatic nitrogens is 2. The fraction of sp³-hybridized carbons (Fsp3) is 0.214. The number of hydrogen-bond acceptors (Lipinski definition) is 7. The molecule has 1 aliphatic heterocycles. The van der Waals surface area contributed by atoms with E-state index in [0.29, 0.717) is 37.4 Å².